The number of primary amides is 1. The molecule has 0 aliphatic rings. The summed E-state index contributed by atoms with van der Waals surface area (Å²) in [5, 5.41) is 0.772. The number of fused-ring (bicyclic) bond motifs is 1. The maximum Gasteiger partial charge on any atom is 0.242 e. The van der Waals surface area contributed by atoms with Gasteiger partial charge < -0.3 is 5.73 Å². The minimum absolute atomic E-state index is 0.163. The molecule has 0 atom stereocenters. The summed E-state index contributed by atoms with van der Waals surface area (Å²) in [6, 6.07) is 8.60. The summed E-state index contributed by atoms with van der Waals surface area (Å²) in [5.41, 5.74) is 5.48. The molecule has 0 fully saturated rings. The third-order valence-corrected chi connectivity index (χ3v) is 4.52. The van der Waals surface area contributed by atoms with Crippen molar-refractivity contribution in [1.82, 2.24) is 9.71 Å². The first-order valence-corrected chi connectivity index (χ1v) is 8.11. The lowest BCUT2D eigenvalue weighted by atomic mass is 10.2. The van der Waals surface area contributed by atoms with Gasteiger partial charge in [-0.15, -0.1) is 0 Å². The van der Waals surface area contributed by atoms with Crippen LogP contribution in [0.3, 0.4) is 0 Å². The lowest BCUT2D eigenvalue weighted by Gasteiger charge is -2.08. The smallest absolute Gasteiger partial charge is 0.242 e. The average molecular weight is 307 g/mol. The van der Waals surface area contributed by atoms with Crippen molar-refractivity contribution < 1.29 is 13.2 Å². The molecule has 0 spiro atoms. The zero-order valence-electron chi connectivity index (χ0n) is 11.5. The molecule has 0 saturated heterocycles. The topological polar surface area (TPSA) is 102 Å². The van der Waals surface area contributed by atoms with Gasteiger partial charge in [-0.2, -0.15) is 0 Å². The van der Waals surface area contributed by atoms with Gasteiger partial charge in [0.1, 0.15) is 4.90 Å². The quantitative estimate of drug-likeness (QED) is 0.749. The number of amides is 1. The van der Waals surface area contributed by atoms with Gasteiger partial charge in [-0.1, -0.05) is 18.2 Å². The molecule has 0 radical (unpaired) electrons. The van der Waals surface area contributed by atoms with E-state index in [4.69, 9.17) is 5.73 Å². The van der Waals surface area contributed by atoms with Crippen molar-refractivity contribution in [2.45, 2.75) is 24.2 Å². The largest absolute Gasteiger partial charge is 0.370 e. The second-order valence-electron chi connectivity index (χ2n) is 4.65. The fraction of sp³-hybridized carbons (Fsp3) is 0.286. The molecule has 2 aromatic rings. The number of aromatic nitrogens is 1. The number of nitrogens with two attached hydrogens (primary N) is 1. The predicted octanol–water partition coefficient (Wildman–Crippen LogP) is 1.17. The number of nitrogens with zero attached hydrogens (tertiary/aromatic N) is 1. The number of benzene rings is 1. The third kappa shape index (κ3) is 3.99. The Labute approximate surface area is 123 Å². The van der Waals surface area contributed by atoms with Crippen molar-refractivity contribution >= 4 is 26.8 Å². The SMILES string of the molecule is NC(=O)CCCCNS(=O)(=O)c1cccc2cccnc12. The van der Waals surface area contributed by atoms with E-state index in [1.807, 2.05) is 12.1 Å². The third-order valence-electron chi connectivity index (χ3n) is 3.03. The second kappa shape index (κ2) is 6.64. The Balaban J connectivity index is 2.10. The highest BCUT2D eigenvalue weighted by Gasteiger charge is 2.17. The van der Waals surface area contributed by atoms with Gasteiger partial charge in [-0.25, -0.2) is 13.1 Å². The zero-order chi connectivity index (χ0) is 15.3. The highest BCUT2D eigenvalue weighted by molar-refractivity contribution is 7.89. The Bertz CT molecular complexity index is 739. The Kier molecular flexibility index (Phi) is 4.87. The summed E-state index contributed by atoms with van der Waals surface area (Å²) >= 11 is 0. The number of nitrogens with one attached hydrogen (secondary N) is 1. The zero-order valence-corrected chi connectivity index (χ0v) is 12.3. The number of hydrogen-bond donors (Lipinski definition) is 2. The lowest BCUT2D eigenvalue weighted by molar-refractivity contribution is -0.118. The maximum absolute atomic E-state index is 12.3. The number of carbonyl (C=O) groups is 1. The first-order valence-electron chi connectivity index (χ1n) is 6.62. The monoisotopic (exact) mass is 307 g/mol. The van der Waals surface area contributed by atoms with Gasteiger partial charge in [0, 0.05) is 24.5 Å². The molecule has 1 aromatic heterocycles. The highest BCUT2D eigenvalue weighted by Crippen LogP contribution is 2.20. The second-order valence-corrected chi connectivity index (χ2v) is 6.39. The summed E-state index contributed by atoms with van der Waals surface area (Å²) < 4.78 is 27.1. The van der Waals surface area contributed by atoms with E-state index in [1.54, 1.807) is 18.3 Å². The molecule has 0 bridgehead atoms. The molecule has 0 unspecified atom stereocenters. The normalized spacial score (nSPS) is 11.6. The number of pyridine rings is 1. The molecule has 112 valence electrons. The summed E-state index contributed by atoms with van der Waals surface area (Å²) in [5.74, 6) is -0.379. The van der Waals surface area contributed by atoms with E-state index in [2.05, 4.69) is 9.71 Å². The van der Waals surface area contributed by atoms with Crippen molar-refractivity contribution in [2.75, 3.05) is 6.54 Å². The van der Waals surface area contributed by atoms with Crippen molar-refractivity contribution in [3.63, 3.8) is 0 Å². The molecule has 0 aliphatic carbocycles. The van der Waals surface area contributed by atoms with Gasteiger partial charge in [0.25, 0.3) is 0 Å². The van der Waals surface area contributed by atoms with E-state index in [0.717, 1.165) is 5.39 Å². The van der Waals surface area contributed by atoms with E-state index in [9.17, 15) is 13.2 Å². The molecule has 1 heterocycles. The standard InChI is InChI=1S/C14H17N3O3S/c15-13(18)8-1-2-10-17-21(19,20)12-7-3-5-11-6-4-9-16-14(11)12/h3-7,9,17H,1-2,8,10H2,(H2,15,18). The number of carbonyl (C=O) groups excluding carboxylic acids is 1. The Morgan fingerprint density at radius 1 is 1.19 bits per heavy atom. The van der Waals surface area contributed by atoms with Crippen LogP contribution in [0.5, 0.6) is 0 Å². The molecule has 1 amide bonds. The van der Waals surface area contributed by atoms with Gasteiger partial charge in [0.05, 0.1) is 5.52 Å². The number of unbranched alkanes of at least 4 members (excludes halogenated alkanes) is 1. The molecule has 3 N–H and O–H groups in total. The average Bonchev–Trinajstić information content (AvgIpc) is 2.46. The van der Waals surface area contributed by atoms with E-state index in [1.165, 1.54) is 6.07 Å². The van der Waals surface area contributed by atoms with E-state index >= 15 is 0 Å². The summed E-state index contributed by atoms with van der Waals surface area (Å²) in [6.45, 7) is 0.263. The van der Waals surface area contributed by atoms with Crippen molar-refractivity contribution in [1.29, 1.82) is 0 Å². The highest BCUT2D eigenvalue weighted by atomic mass is 32.2. The number of para-hydroxylation sites is 1. The van der Waals surface area contributed by atoms with Gasteiger partial charge in [0.2, 0.25) is 15.9 Å². The molecule has 7 heteroatoms. The Morgan fingerprint density at radius 2 is 1.95 bits per heavy atom. The maximum atomic E-state index is 12.3. The Morgan fingerprint density at radius 3 is 2.71 bits per heavy atom. The van der Waals surface area contributed by atoms with Crippen LogP contribution in [0.15, 0.2) is 41.4 Å². The van der Waals surface area contributed by atoms with E-state index in [0.29, 0.717) is 18.4 Å². The fourth-order valence-corrected chi connectivity index (χ4v) is 3.25. The van der Waals surface area contributed by atoms with E-state index in [-0.39, 0.29) is 23.8 Å². The first kappa shape index (κ1) is 15.4. The predicted molar refractivity (Wildman–Crippen MR) is 80.0 cm³/mol. The molecule has 1 aromatic carbocycles. The molecule has 0 aliphatic heterocycles. The van der Waals surface area contributed by atoms with Crippen LogP contribution in [0, 0.1) is 0 Å². The molecular weight excluding hydrogens is 290 g/mol. The van der Waals surface area contributed by atoms with Crippen LogP contribution in [0.4, 0.5) is 0 Å². The number of sulfonamides is 1. The molecule has 2 rings (SSSR count). The summed E-state index contributed by atoms with van der Waals surface area (Å²) in [6.07, 6.45) is 2.94. The van der Waals surface area contributed by atoms with Gasteiger partial charge in [-0.05, 0) is 25.0 Å². The van der Waals surface area contributed by atoms with Gasteiger partial charge in [0.15, 0.2) is 0 Å². The van der Waals surface area contributed by atoms with Crippen molar-refractivity contribution in [3.8, 4) is 0 Å². The fourth-order valence-electron chi connectivity index (χ4n) is 2.00. The molecule has 6 nitrogen and oxygen atoms in total. The molecule has 0 saturated carbocycles. The summed E-state index contributed by atoms with van der Waals surface area (Å²) in [7, 11) is -3.62. The number of hydrogen-bond acceptors (Lipinski definition) is 4. The van der Waals surface area contributed by atoms with Crippen LogP contribution in [-0.2, 0) is 14.8 Å². The first-order chi connectivity index (χ1) is 10.0. The lowest BCUT2D eigenvalue weighted by Crippen LogP contribution is -2.25. The van der Waals surface area contributed by atoms with Crippen LogP contribution >= 0.6 is 0 Å². The Hall–Kier alpha value is -1.99. The minimum atomic E-state index is -3.62. The van der Waals surface area contributed by atoms with Gasteiger partial charge in [-0.3, -0.25) is 9.78 Å². The van der Waals surface area contributed by atoms with E-state index < -0.39 is 10.0 Å². The van der Waals surface area contributed by atoms with Crippen LogP contribution < -0.4 is 10.5 Å². The van der Waals surface area contributed by atoms with Crippen molar-refractivity contribution in [3.05, 3.63) is 36.5 Å². The van der Waals surface area contributed by atoms with Gasteiger partial charge >= 0.3 is 0 Å². The van der Waals surface area contributed by atoms with Crippen LogP contribution in [0.25, 0.3) is 10.9 Å². The van der Waals surface area contributed by atoms with Crippen LogP contribution in [0.1, 0.15) is 19.3 Å². The summed E-state index contributed by atoms with van der Waals surface area (Å²) in [4.78, 5) is 14.9. The van der Waals surface area contributed by atoms with Crippen molar-refractivity contribution in [2.24, 2.45) is 5.73 Å². The van der Waals surface area contributed by atoms with Crippen LogP contribution in [-0.4, -0.2) is 25.9 Å². The number of rotatable bonds is 7. The molecule has 21 heavy (non-hydrogen) atoms. The molecular formula is C14H17N3O3S. The minimum Gasteiger partial charge on any atom is -0.370 e. The van der Waals surface area contributed by atoms with Crippen LogP contribution in [0.2, 0.25) is 0 Å².